The van der Waals surface area contributed by atoms with Crippen LogP contribution in [0.15, 0.2) is 22.6 Å². The maximum atomic E-state index is 10.7. The van der Waals surface area contributed by atoms with Crippen LogP contribution in [0, 0.1) is 13.8 Å². The average molecular weight is 247 g/mol. The van der Waals surface area contributed by atoms with Gasteiger partial charge in [-0.05, 0) is 50.1 Å². The minimum absolute atomic E-state index is 0.417. The van der Waals surface area contributed by atoms with Gasteiger partial charge in [-0.25, -0.2) is 0 Å². The number of carbonyl (C=O) groups is 1. The monoisotopic (exact) mass is 247 g/mol. The summed E-state index contributed by atoms with van der Waals surface area (Å²) in [5, 5.41) is 12.7. The van der Waals surface area contributed by atoms with Gasteiger partial charge < -0.3 is 9.52 Å². The highest BCUT2D eigenvalue weighted by atomic mass is 16.4. The number of aliphatic carboxylic acids is 1. The van der Waals surface area contributed by atoms with Crippen molar-refractivity contribution in [2.45, 2.75) is 33.4 Å². The summed E-state index contributed by atoms with van der Waals surface area (Å²) < 4.78 is 5.68. The molecule has 0 aliphatic rings. The Morgan fingerprint density at radius 1 is 1.33 bits per heavy atom. The smallest absolute Gasteiger partial charge is 0.320 e. The van der Waals surface area contributed by atoms with E-state index in [-0.39, 0.29) is 0 Å². The Labute approximate surface area is 106 Å². The second-order valence-electron chi connectivity index (χ2n) is 4.63. The maximum absolute atomic E-state index is 10.7. The fourth-order valence-corrected chi connectivity index (χ4v) is 1.79. The van der Waals surface area contributed by atoms with E-state index >= 15 is 0 Å². The van der Waals surface area contributed by atoms with E-state index in [4.69, 9.17) is 9.52 Å². The van der Waals surface area contributed by atoms with Crippen LogP contribution in [0.5, 0.6) is 0 Å². The molecule has 1 unspecified atom stereocenters. The number of nitrogens with one attached hydrogen (secondary N) is 1. The number of rotatable bonds is 4. The molecule has 1 aromatic carbocycles. The number of hydrogen-bond donors (Lipinski definition) is 2. The first-order valence-corrected chi connectivity index (χ1v) is 5.93. The number of carboxylic acid groups (broad SMARTS) is 1. The molecule has 0 radical (unpaired) electrons. The molecule has 96 valence electrons. The zero-order valence-electron chi connectivity index (χ0n) is 10.8. The molecule has 1 atom stereocenters. The van der Waals surface area contributed by atoms with Gasteiger partial charge >= 0.3 is 5.97 Å². The van der Waals surface area contributed by atoms with Gasteiger partial charge in [-0.15, -0.1) is 0 Å². The lowest BCUT2D eigenvalue weighted by atomic mass is 10.1. The lowest BCUT2D eigenvalue weighted by Gasteiger charge is -2.06. The molecule has 1 aromatic heterocycles. The fourth-order valence-electron chi connectivity index (χ4n) is 1.79. The minimum atomic E-state index is -0.863. The highest BCUT2D eigenvalue weighted by Crippen LogP contribution is 2.23. The van der Waals surface area contributed by atoms with Crippen LogP contribution in [-0.2, 0) is 11.3 Å². The molecule has 0 saturated heterocycles. The Hall–Kier alpha value is -1.81. The molecule has 0 fully saturated rings. The van der Waals surface area contributed by atoms with E-state index in [0.717, 1.165) is 16.7 Å². The molecule has 4 heteroatoms. The number of aryl methyl sites for hydroxylation is 2. The first kappa shape index (κ1) is 12.6. The van der Waals surface area contributed by atoms with Crippen LogP contribution in [0.3, 0.4) is 0 Å². The molecule has 0 aliphatic heterocycles. The molecule has 0 spiro atoms. The fraction of sp³-hybridized carbons (Fsp3) is 0.357. The SMILES string of the molecule is Cc1cc2cc(CNC(C)C(=O)O)oc2cc1C. The van der Waals surface area contributed by atoms with Crippen molar-refractivity contribution in [3.63, 3.8) is 0 Å². The quantitative estimate of drug-likeness (QED) is 0.871. The van der Waals surface area contributed by atoms with Crippen LogP contribution in [0.25, 0.3) is 11.0 Å². The predicted molar refractivity (Wildman–Crippen MR) is 69.6 cm³/mol. The summed E-state index contributed by atoms with van der Waals surface area (Å²) in [5.41, 5.74) is 3.26. The first-order chi connectivity index (χ1) is 8.47. The lowest BCUT2D eigenvalue weighted by Crippen LogP contribution is -2.32. The van der Waals surface area contributed by atoms with Crippen LogP contribution in [0.1, 0.15) is 23.8 Å². The van der Waals surface area contributed by atoms with Gasteiger partial charge in [0.05, 0.1) is 6.54 Å². The molecule has 0 bridgehead atoms. The molecule has 2 N–H and O–H groups in total. The van der Waals surface area contributed by atoms with Gasteiger partial charge in [0.15, 0.2) is 0 Å². The number of hydrogen-bond acceptors (Lipinski definition) is 3. The number of benzene rings is 1. The van der Waals surface area contributed by atoms with E-state index in [2.05, 4.69) is 18.3 Å². The van der Waals surface area contributed by atoms with Crippen molar-refractivity contribution in [3.05, 3.63) is 35.1 Å². The van der Waals surface area contributed by atoms with Crippen LogP contribution >= 0.6 is 0 Å². The van der Waals surface area contributed by atoms with E-state index in [0.29, 0.717) is 6.54 Å². The third-order valence-corrected chi connectivity index (χ3v) is 3.14. The molecule has 18 heavy (non-hydrogen) atoms. The predicted octanol–water partition coefficient (Wildman–Crippen LogP) is 2.61. The van der Waals surface area contributed by atoms with Crippen molar-refractivity contribution in [3.8, 4) is 0 Å². The van der Waals surface area contributed by atoms with E-state index < -0.39 is 12.0 Å². The van der Waals surface area contributed by atoms with Crippen LogP contribution in [0.2, 0.25) is 0 Å². The Morgan fingerprint density at radius 2 is 2.00 bits per heavy atom. The Balaban J connectivity index is 2.18. The lowest BCUT2D eigenvalue weighted by molar-refractivity contribution is -0.139. The highest BCUT2D eigenvalue weighted by Gasteiger charge is 2.11. The maximum Gasteiger partial charge on any atom is 0.320 e. The van der Waals surface area contributed by atoms with Crippen molar-refractivity contribution < 1.29 is 14.3 Å². The number of fused-ring (bicyclic) bond motifs is 1. The first-order valence-electron chi connectivity index (χ1n) is 5.93. The van der Waals surface area contributed by atoms with Gasteiger partial charge in [-0.1, -0.05) is 0 Å². The van der Waals surface area contributed by atoms with E-state index in [1.807, 2.05) is 19.1 Å². The second-order valence-corrected chi connectivity index (χ2v) is 4.63. The summed E-state index contributed by atoms with van der Waals surface area (Å²) in [6.45, 7) is 6.13. The summed E-state index contributed by atoms with van der Waals surface area (Å²) in [5.74, 6) is -0.110. The van der Waals surface area contributed by atoms with Crippen LogP contribution < -0.4 is 5.32 Å². The van der Waals surface area contributed by atoms with Crippen molar-refractivity contribution in [1.82, 2.24) is 5.32 Å². The Bertz CT molecular complexity index is 547. The van der Waals surface area contributed by atoms with E-state index in [1.54, 1.807) is 6.92 Å². The normalized spacial score (nSPS) is 12.8. The van der Waals surface area contributed by atoms with Crippen molar-refractivity contribution in [2.24, 2.45) is 0 Å². The molecular formula is C14H17NO3. The summed E-state index contributed by atoms with van der Waals surface area (Å²) in [4.78, 5) is 10.7. The molecule has 1 heterocycles. The third-order valence-electron chi connectivity index (χ3n) is 3.14. The topological polar surface area (TPSA) is 62.5 Å². The second kappa shape index (κ2) is 4.82. The van der Waals surface area contributed by atoms with Crippen LogP contribution in [-0.4, -0.2) is 17.1 Å². The van der Waals surface area contributed by atoms with E-state index in [1.165, 1.54) is 11.1 Å². The zero-order valence-corrected chi connectivity index (χ0v) is 10.8. The van der Waals surface area contributed by atoms with Gasteiger partial charge in [0.1, 0.15) is 17.4 Å². The van der Waals surface area contributed by atoms with Crippen molar-refractivity contribution >= 4 is 16.9 Å². The van der Waals surface area contributed by atoms with Gasteiger partial charge in [-0.3, -0.25) is 10.1 Å². The molecular weight excluding hydrogens is 230 g/mol. The Kier molecular flexibility index (Phi) is 3.39. The molecule has 0 saturated carbocycles. The molecule has 2 aromatic rings. The molecule has 2 rings (SSSR count). The largest absolute Gasteiger partial charge is 0.480 e. The van der Waals surface area contributed by atoms with Gasteiger partial charge in [0, 0.05) is 5.39 Å². The zero-order chi connectivity index (χ0) is 13.3. The van der Waals surface area contributed by atoms with Gasteiger partial charge in [0.2, 0.25) is 0 Å². The van der Waals surface area contributed by atoms with Crippen molar-refractivity contribution in [2.75, 3.05) is 0 Å². The van der Waals surface area contributed by atoms with Crippen LogP contribution in [0.4, 0.5) is 0 Å². The van der Waals surface area contributed by atoms with E-state index in [9.17, 15) is 4.79 Å². The Morgan fingerprint density at radius 3 is 2.67 bits per heavy atom. The molecule has 0 aliphatic carbocycles. The minimum Gasteiger partial charge on any atom is -0.480 e. The summed E-state index contributed by atoms with van der Waals surface area (Å²) >= 11 is 0. The average Bonchev–Trinajstić information content (AvgIpc) is 2.68. The molecule has 4 nitrogen and oxygen atoms in total. The number of furan rings is 1. The van der Waals surface area contributed by atoms with Gasteiger partial charge in [-0.2, -0.15) is 0 Å². The summed E-state index contributed by atoms with van der Waals surface area (Å²) in [6, 6.07) is 5.46. The third kappa shape index (κ3) is 2.54. The summed E-state index contributed by atoms with van der Waals surface area (Å²) in [7, 11) is 0. The molecule has 0 amide bonds. The number of carboxylic acids is 1. The van der Waals surface area contributed by atoms with Crippen molar-refractivity contribution in [1.29, 1.82) is 0 Å². The standard InChI is InChI=1S/C14H17NO3/c1-8-4-11-6-12(7-15-10(3)14(16)17)18-13(11)5-9(8)2/h4-6,10,15H,7H2,1-3H3,(H,16,17). The summed E-state index contributed by atoms with van der Waals surface area (Å²) in [6.07, 6.45) is 0. The van der Waals surface area contributed by atoms with Gasteiger partial charge in [0.25, 0.3) is 0 Å². The highest BCUT2D eigenvalue weighted by molar-refractivity contribution is 5.79.